The molecule has 4 atom stereocenters. The summed E-state index contributed by atoms with van der Waals surface area (Å²) in [7, 11) is -27.8. The molecule has 0 aliphatic rings. The lowest BCUT2D eigenvalue weighted by atomic mass is 9.86. The molecule has 0 saturated heterocycles. The van der Waals surface area contributed by atoms with Crippen LogP contribution in [0.15, 0.2) is 0 Å². The Morgan fingerprint density at radius 3 is 1.07 bits per heavy atom. The largest absolute Gasteiger partial charge is 0.478 e. The minimum Gasteiger partial charge on any atom is -0.478 e. The topological polar surface area (TPSA) is 421 Å². The summed E-state index contributed by atoms with van der Waals surface area (Å²) in [4.78, 5) is 152. The van der Waals surface area contributed by atoms with E-state index >= 15 is 0 Å². The lowest BCUT2D eigenvalue weighted by molar-refractivity contribution is -0.182. The Bertz CT molecular complexity index is 1410. The molecule has 0 spiro atoms. The number of carboxylic acid groups (broad SMARTS) is 3. The first kappa shape index (κ1) is 41.4. The highest BCUT2D eigenvalue weighted by atomic mass is 31.2. The zero-order valence-electron chi connectivity index (χ0n) is 22.1. The van der Waals surface area contributed by atoms with Gasteiger partial charge in [-0.2, -0.15) is 0 Å². The average Bonchev–Trinajstić information content (AvgIpc) is 2.73. The van der Waals surface area contributed by atoms with Gasteiger partial charge in [0.05, 0.1) is 0 Å². The number of hydrogen-bond donors (Lipinski definition) is 11. The van der Waals surface area contributed by atoms with E-state index in [0.717, 1.165) is 0 Å². The van der Waals surface area contributed by atoms with Crippen LogP contribution in [0.4, 0.5) is 0 Å². The molecule has 4 unspecified atom stereocenters. The Morgan fingerprint density at radius 2 is 0.841 bits per heavy atom. The van der Waals surface area contributed by atoms with Crippen LogP contribution in [-0.2, 0) is 61.2 Å². The Labute approximate surface area is 243 Å². The summed E-state index contributed by atoms with van der Waals surface area (Å²) >= 11 is 0. The maximum Gasteiger partial charge on any atom is 0.381 e. The van der Waals surface area contributed by atoms with Crippen molar-refractivity contribution in [3.63, 3.8) is 0 Å². The van der Waals surface area contributed by atoms with Crippen LogP contribution in [0.5, 0.6) is 0 Å². The summed E-state index contributed by atoms with van der Waals surface area (Å²) < 4.78 is 63.1. The summed E-state index contributed by atoms with van der Waals surface area (Å²) in [6.45, 7) is 0.701. The molecular weight excluding hydrogens is 700 g/mol. The van der Waals surface area contributed by atoms with Gasteiger partial charge in [-0.1, -0.05) is 0 Å². The molecule has 0 saturated carbocycles. The molecule has 0 bridgehead atoms. The first-order chi connectivity index (χ1) is 19.2. The summed E-state index contributed by atoms with van der Waals surface area (Å²) in [6, 6.07) is 0. The summed E-state index contributed by atoms with van der Waals surface area (Å²) in [5.41, 5.74) is 0. The number of carboxylic acids is 3. The van der Waals surface area contributed by atoms with Crippen molar-refractivity contribution in [3.05, 3.63) is 0 Å². The van der Waals surface area contributed by atoms with E-state index in [1.54, 1.807) is 0 Å². The van der Waals surface area contributed by atoms with Crippen LogP contribution in [0.3, 0.4) is 0 Å². The SMILES string of the molecule is CC(=O)OC(CCC(CC(OC(C)=O)(C(=O)O)P(=O)(O)O)(C(OC(C)=O)(C(=O)O)P(=O)(O)O)P(=O)(O)O)(C(=O)O)P(=O)(O)O. The standard InChI is InChI=1S/C16H26O24P4/c1-7(17)38-14(10(20)21,42(29,30)31)5-4-13(41(26,27)28,16(12(24)25,40-9(3)19)44(35,36)37)6-15(11(22)23,39-8(2)18)43(32,33)34/h4-6H2,1-3H3,(H,20,21)(H,22,23)(H,24,25)(H2,26,27,28)(H2,29,30,31)(H2,32,33,34)(H2,35,36,37). The van der Waals surface area contributed by atoms with E-state index in [9.17, 15) is 101 Å². The summed E-state index contributed by atoms with van der Waals surface area (Å²) in [6.07, 6.45) is -7.92. The highest BCUT2D eigenvalue weighted by Gasteiger charge is 2.81. The van der Waals surface area contributed by atoms with Crippen LogP contribution in [0, 0.1) is 0 Å². The predicted octanol–water partition coefficient (Wildman–Crippen LogP) is -2.36. The number of hydrogen-bond acceptors (Lipinski definition) is 13. The van der Waals surface area contributed by atoms with E-state index in [1.165, 1.54) is 0 Å². The molecule has 0 aromatic rings. The number of rotatable bonds is 16. The van der Waals surface area contributed by atoms with E-state index in [2.05, 4.69) is 14.2 Å². The van der Waals surface area contributed by atoms with Gasteiger partial charge in [0.1, 0.15) is 5.16 Å². The van der Waals surface area contributed by atoms with Gasteiger partial charge in [0.15, 0.2) is 0 Å². The van der Waals surface area contributed by atoms with Crippen molar-refractivity contribution in [2.75, 3.05) is 0 Å². The van der Waals surface area contributed by atoms with E-state index < -0.39 is 107 Å². The molecule has 0 aliphatic carbocycles. The molecular formula is C16H26O24P4. The molecule has 0 rings (SSSR count). The van der Waals surface area contributed by atoms with Crippen molar-refractivity contribution in [1.29, 1.82) is 0 Å². The van der Waals surface area contributed by atoms with Crippen LogP contribution in [0.25, 0.3) is 0 Å². The zero-order valence-corrected chi connectivity index (χ0v) is 25.7. The summed E-state index contributed by atoms with van der Waals surface area (Å²) in [5, 5.41) is 9.96. The number of aliphatic carboxylic acids is 3. The quantitative estimate of drug-likeness (QED) is 0.0450. The van der Waals surface area contributed by atoms with Gasteiger partial charge in [-0.15, -0.1) is 0 Å². The number of esters is 3. The van der Waals surface area contributed by atoms with E-state index in [4.69, 9.17) is 0 Å². The van der Waals surface area contributed by atoms with Gasteiger partial charge in [-0.25, -0.2) is 14.4 Å². The molecule has 0 aromatic carbocycles. The van der Waals surface area contributed by atoms with Gasteiger partial charge in [-0.3, -0.25) is 32.6 Å². The van der Waals surface area contributed by atoms with Crippen molar-refractivity contribution in [1.82, 2.24) is 0 Å². The maximum absolute atomic E-state index is 13.2. The summed E-state index contributed by atoms with van der Waals surface area (Å²) in [5.74, 6) is -15.3. The first-order valence-electron chi connectivity index (χ1n) is 10.8. The third kappa shape index (κ3) is 7.44. The highest BCUT2D eigenvalue weighted by molar-refractivity contribution is 7.59. The fourth-order valence-corrected chi connectivity index (χ4v) is 9.42. The normalized spacial score (nSPS) is 18.2. The van der Waals surface area contributed by atoms with Crippen LogP contribution in [0.1, 0.15) is 40.0 Å². The van der Waals surface area contributed by atoms with Gasteiger partial charge in [0, 0.05) is 33.6 Å². The molecule has 0 aliphatic heterocycles. The Morgan fingerprint density at radius 1 is 0.500 bits per heavy atom. The third-order valence-corrected chi connectivity index (χ3v) is 12.2. The van der Waals surface area contributed by atoms with Gasteiger partial charge in [0.25, 0.3) is 0 Å². The second-order valence-electron chi connectivity index (χ2n) is 8.79. The molecule has 0 radical (unpaired) electrons. The van der Waals surface area contributed by atoms with Crippen molar-refractivity contribution in [3.8, 4) is 0 Å². The lowest BCUT2D eigenvalue weighted by Gasteiger charge is -2.49. The predicted molar refractivity (Wildman–Crippen MR) is 131 cm³/mol. The number of carbonyl (C=O) groups excluding carboxylic acids is 3. The molecule has 0 amide bonds. The minimum absolute atomic E-state index is 0.146. The van der Waals surface area contributed by atoms with Crippen LogP contribution in [0.2, 0.25) is 0 Å². The van der Waals surface area contributed by atoms with E-state index in [0.29, 0.717) is 6.92 Å². The van der Waals surface area contributed by atoms with Crippen molar-refractivity contribution >= 4 is 66.2 Å². The molecule has 44 heavy (non-hydrogen) atoms. The molecule has 0 aromatic heterocycles. The zero-order chi connectivity index (χ0) is 35.7. The fourth-order valence-electron chi connectivity index (χ4n) is 4.05. The molecule has 254 valence electrons. The smallest absolute Gasteiger partial charge is 0.381 e. The Kier molecular flexibility index (Phi) is 12.3. The minimum atomic E-state index is -7.22. The van der Waals surface area contributed by atoms with Gasteiger partial charge in [0.2, 0.25) is 0 Å². The van der Waals surface area contributed by atoms with Crippen LogP contribution >= 0.6 is 30.4 Å². The second-order valence-corrected chi connectivity index (χ2v) is 16.1. The maximum atomic E-state index is 13.2. The number of carbonyl (C=O) groups is 6. The highest BCUT2D eigenvalue weighted by Crippen LogP contribution is 2.75. The van der Waals surface area contributed by atoms with Crippen molar-refractivity contribution in [2.24, 2.45) is 0 Å². The second kappa shape index (κ2) is 13.0. The Hall–Kier alpha value is -2.58. The first-order valence-corrected chi connectivity index (χ1v) is 17.2. The molecule has 11 N–H and O–H groups in total. The van der Waals surface area contributed by atoms with Crippen LogP contribution < -0.4 is 0 Å². The molecule has 0 fully saturated rings. The lowest BCUT2D eigenvalue weighted by Crippen LogP contribution is -2.65. The fraction of sp³-hybridized carbons (Fsp3) is 0.625. The monoisotopic (exact) mass is 726 g/mol. The van der Waals surface area contributed by atoms with Crippen LogP contribution in [-0.4, -0.2) is 111 Å². The van der Waals surface area contributed by atoms with Gasteiger partial charge < -0.3 is 68.7 Å². The van der Waals surface area contributed by atoms with E-state index in [1.807, 2.05) is 0 Å². The average molecular weight is 726 g/mol. The molecule has 28 heteroatoms. The van der Waals surface area contributed by atoms with E-state index in [-0.39, 0.29) is 13.8 Å². The molecule has 0 heterocycles. The molecule has 24 nitrogen and oxygen atoms in total. The third-order valence-electron chi connectivity index (χ3n) is 5.82. The van der Waals surface area contributed by atoms with Gasteiger partial charge in [-0.05, 0) is 6.42 Å². The van der Waals surface area contributed by atoms with Gasteiger partial charge >= 0.3 is 82.2 Å². The van der Waals surface area contributed by atoms with Crippen molar-refractivity contribution in [2.45, 2.75) is 61.2 Å². The number of ether oxygens (including phenoxy) is 3. The van der Waals surface area contributed by atoms with Crippen molar-refractivity contribution < 1.29 is 116 Å². The Balaban J connectivity index is 8.86.